The van der Waals surface area contributed by atoms with Crippen molar-refractivity contribution in [2.24, 2.45) is 12.8 Å². The fraction of sp³-hybridized carbons (Fsp3) is 0.300. The third-order valence-electron chi connectivity index (χ3n) is 4.61. The van der Waals surface area contributed by atoms with Crippen LogP contribution < -0.4 is 15.2 Å². The lowest BCUT2D eigenvalue weighted by molar-refractivity contribution is 0.388. The molecule has 126 valence electrons. The molecule has 0 amide bonds. The number of hydrogen-bond acceptors (Lipinski definition) is 3. The van der Waals surface area contributed by atoms with Crippen molar-refractivity contribution < 1.29 is 9.47 Å². The van der Waals surface area contributed by atoms with Crippen molar-refractivity contribution in [2.45, 2.75) is 12.3 Å². The molecule has 4 heteroatoms. The molecule has 0 saturated heterocycles. The van der Waals surface area contributed by atoms with Crippen LogP contribution in [0.15, 0.2) is 48.7 Å². The Morgan fingerprint density at radius 1 is 1.08 bits per heavy atom. The van der Waals surface area contributed by atoms with Gasteiger partial charge in [-0.05, 0) is 36.2 Å². The van der Waals surface area contributed by atoms with E-state index in [4.69, 9.17) is 15.2 Å². The molecule has 4 nitrogen and oxygen atoms in total. The Morgan fingerprint density at radius 3 is 2.58 bits per heavy atom. The second kappa shape index (κ2) is 6.97. The minimum atomic E-state index is 0.191. The van der Waals surface area contributed by atoms with Gasteiger partial charge in [-0.15, -0.1) is 0 Å². The number of methoxy groups -OCH3 is 2. The first-order valence-corrected chi connectivity index (χ1v) is 8.12. The molecule has 0 spiro atoms. The second-order valence-electron chi connectivity index (χ2n) is 6.03. The lowest BCUT2D eigenvalue weighted by Gasteiger charge is -2.19. The van der Waals surface area contributed by atoms with Crippen LogP contribution in [0.1, 0.15) is 17.0 Å². The Hall–Kier alpha value is -2.46. The Balaban J connectivity index is 1.97. The Bertz CT molecular complexity index is 839. The van der Waals surface area contributed by atoms with E-state index in [0.29, 0.717) is 6.54 Å². The van der Waals surface area contributed by atoms with Gasteiger partial charge in [-0.1, -0.05) is 24.3 Å². The molecule has 0 aliphatic rings. The van der Waals surface area contributed by atoms with Crippen molar-refractivity contribution in [1.82, 2.24) is 4.57 Å². The van der Waals surface area contributed by atoms with E-state index in [1.807, 2.05) is 12.1 Å². The topological polar surface area (TPSA) is 49.4 Å². The molecule has 24 heavy (non-hydrogen) atoms. The summed E-state index contributed by atoms with van der Waals surface area (Å²) < 4.78 is 13.0. The highest BCUT2D eigenvalue weighted by Gasteiger charge is 2.18. The van der Waals surface area contributed by atoms with Crippen molar-refractivity contribution in [1.29, 1.82) is 0 Å². The van der Waals surface area contributed by atoms with Crippen LogP contribution in [0.3, 0.4) is 0 Å². The maximum absolute atomic E-state index is 6.10. The molecule has 1 atom stereocenters. The smallest absolute Gasteiger partial charge is 0.126 e. The number of ether oxygens (including phenoxy) is 2. The first-order chi connectivity index (χ1) is 11.7. The monoisotopic (exact) mass is 324 g/mol. The highest BCUT2D eigenvalue weighted by atomic mass is 16.5. The number of aryl methyl sites for hydroxylation is 1. The van der Waals surface area contributed by atoms with E-state index < -0.39 is 0 Å². The van der Waals surface area contributed by atoms with Crippen LogP contribution in [0.25, 0.3) is 10.9 Å². The lowest BCUT2D eigenvalue weighted by Crippen LogP contribution is -2.16. The average molecular weight is 324 g/mol. The first kappa shape index (κ1) is 16.4. The molecule has 0 aliphatic heterocycles. The number of hydrogen-bond donors (Lipinski definition) is 1. The normalized spacial score (nSPS) is 12.3. The highest BCUT2D eigenvalue weighted by molar-refractivity contribution is 5.84. The minimum absolute atomic E-state index is 0.191. The summed E-state index contributed by atoms with van der Waals surface area (Å²) in [5.41, 5.74) is 9.77. The van der Waals surface area contributed by atoms with Gasteiger partial charge < -0.3 is 19.8 Å². The van der Waals surface area contributed by atoms with E-state index in [2.05, 4.69) is 48.1 Å². The van der Waals surface area contributed by atoms with Gasteiger partial charge in [0, 0.05) is 36.1 Å². The van der Waals surface area contributed by atoms with Gasteiger partial charge in [-0.25, -0.2) is 0 Å². The van der Waals surface area contributed by atoms with Gasteiger partial charge in [-0.3, -0.25) is 0 Å². The molecule has 1 aromatic heterocycles. The van der Waals surface area contributed by atoms with E-state index in [-0.39, 0.29) is 5.92 Å². The molecule has 1 heterocycles. The second-order valence-corrected chi connectivity index (χ2v) is 6.03. The maximum atomic E-state index is 6.10. The highest BCUT2D eigenvalue weighted by Crippen LogP contribution is 2.33. The maximum Gasteiger partial charge on any atom is 0.126 e. The third-order valence-corrected chi connectivity index (χ3v) is 4.61. The number of nitrogens with two attached hydrogens (primary N) is 1. The van der Waals surface area contributed by atoms with Gasteiger partial charge >= 0.3 is 0 Å². The number of fused-ring (bicyclic) bond motifs is 1. The van der Waals surface area contributed by atoms with Crippen LogP contribution >= 0.6 is 0 Å². The molecule has 0 saturated carbocycles. The zero-order chi connectivity index (χ0) is 17.1. The summed E-state index contributed by atoms with van der Waals surface area (Å²) in [6.07, 6.45) is 3.07. The zero-order valence-electron chi connectivity index (χ0n) is 14.5. The number of aromatic nitrogens is 1. The van der Waals surface area contributed by atoms with Crippen molar-refractivity contribution in [3.63, 3.8) is 0 Å². The summed E-state index contributed by atoms with van der Waals surface area (Å²) in [4.78, 5) is 0. The van der Waals surface area contributed by atoms with Crippen LogP contribution in [0, 0.1) is 0 Å². The van der Waals surface area contributed by atoms with E-state index in [1.54, 1.807) is 14.2 Å². The van der Waals surface area contributed by atoms with Crippen molar-refractivity contribution in [3.8, 4) is 11.5 Å². The van der Waals surface area contributed by atoms with Crippen LogP contribution in [0.4, 0.5) is 0 Å². The molecule has 0 fully saturated rings. The van der Waals surface area contributed by atoms with Crippen LogP contribution in [-0.4, -0.2) is 25.3 Å². The zero-order valence-corrected chi connectivity index (χ0v) is 14.5. The van der Waals surface area contributed by atoms with Crippen molar-refractivity contribution in [3.05, 3.63) is 59.8 Å². The Labute approximate surface area is 142 Å². The Morgan fingerprint density at radius 2 is 1.88 bits per heavy atom. The molecular formula is C20H24N2O2. The molecule has 2 N–H and O–H groups in total. The van der Waals surface area contributed by atoms with E-state index in [0.717, 1.165) is 23.5 Å². The predicted molar refractivity (Wildman–Crippen MR) is 98.0 cm³/mol. The van der Waals surface area contributed by atoms with E-state index >= 15 is 0 Å². The summed E-state index contributed by atoms with van der Waals surface area (Å²) in [7, 11) is 5.42. The molecule has 3 rings (SSSR count). The minimum Gasteiger partial charge on any atom is -0.497 e. The largest absolute Gasteiger partial charge is 0.497 e. The quantitative estimate of drug-likeness (QED) is 0.755. The van der Waals surface area contributed by atoms with Gasteiger partial charge in [-0.2, -0.15) is 0 Å². The fourth-order valence-electron chi connectivity index (χ4n) is 3.33. The molecule has 2 aromatic carbocycles. The van der Waals surface area contributed by atoms with Gasteiger partial charge in [0.05, 0.1) is 14.2 Å². The number of benzene rings is 2. The van der Waals surface area contributed by atoms with E-state index in [9.17, 15) is 0 Å². The summed E-state index contributed by atoms with van der Waals surface area (Å²) in [5, 5.41) is 1.28. The van der Waals surface area contributed by atoms with Crippen LogP contribution in [0.2, 0.25) is 0 Å². The molecule has 0 bridgehead atoms. The standard InChI is InChI=1S/C20H24N2O2/c1-22-13-15(17-6-4-5-7-19(17)22)10-14(12-21)18-9-8-16(23-2)11-20(18)24-3/h4-9,11,13-14H,10,12,21H2,1-3H3. The molecule has 1 unspecified atom stereocenters. The lowest BCUT2D eigenvalue weighted by atomic mass is 9.91. The number of nitrogens with zero attached hydrogens (tertiary/aromatic N) is 1. The van der Waals surface area contributed by atoms with Crippen molar-refractivity contribution in [2.75, 3.05) is 20.8 Å². The van der Waals surface area contributed by atoms with Crippen LogP contribution in [-0.2, 0) is 13.5 Å². The summed E-state index contributed by atoms with van der Waals surface area (Å²) in [5.74, 6) is 1.80. The van der Waals surface area contributed by atoms with E-state index in [1.165, 1.54) is 16.5 Å². The molecule has 0 aliphatic carbocycles. The fourth-order valence-corrected chi connectivity index (χ4v) is 3.33. The number of rotatable bonds is 6. The van der Waals surface area contributed by atoms with Gasteiger partial charge in [0.15, 0.2) is 0 Å². The molecule has 3 aromatic rings. The van der Waals surface area contributed by atoms with Gasteiger partial charge in [0.1, 0.15) is 11.5 Å². The summed E-state index contributed by atoms with van der Waals surface area (Å²) >= 11 is 0. The first-order valence-electron chi connectivity index (χ1n) is 8.12. The molecular weight excluding hydrogens is 300 g/mol. The number of para-hydroxylation sites is 1. The van der Waals surface area contributed by atoms with Gasteiger partial charge in [0.25, 0.3) is 0 Å². The summed E-state index contributed by atoms with van der Waals surface area (Å²) in [6, 6.07) is 14.4. The molecule has 0 radical (unpaired) electrons. The summed E-state index contributed by atoms with van der Waals surface area (Å²) in [6.45, 7) is 0.561. The predicted octanol–water partition coefficient (Wildman–Crippen LogP) is 3.48. The van der Waals surface area contributed by atoms with Crippen LogP contribution in [0.5, 0.6) is 11.5 Å². The average Bonchev–Trinajstić information content (AvgIpc) is 2.95. The Kier molecular flexibility index (Phi) is 4.76. The van der Waals surface area contributed by atoms with Crippen molar-refractivity contribution >= 4 is 10.9 Å². The third kappa shape index (κ3) is 2.97. The van der Waals surface area contributed by atoms with Gasteiger partial charge in [0.2, 0.25) is 0 Å². The SMILES string of the molecule is COc1ccc(C(CN)Cc2cn(C)c3ccccc23)c(OC)c1.